The Kier molecular flexibility index (Phi) is 6.74. The van der Waals surface area contributed by atoms with Crippen molar-refractivity contribution >= 4 is 28.4 Å². The van der Waals surface area contributed by atoms with E-state index in [-0.39, 0.29) is 41.6 Å². The number of allylic oxidation sites excluding steroid dienone is 1. The van der Waals surface area contributed by atoms with Crippen LogP contribution in [0.3, 0.4) is 0 Å². The highest BCUT2D eigenvalue weighted by molar-refractivity contribution is 7.18. The molecule has 2 aliphatic heterocycles. The second kappa shape index (κ2) is 7.83. The molecule has 2 rings (SSSR count). The number of hydrogen-bond donors (Lipinski definition) is 0. The maximum Gasteiger partial charge on any atom is 0.398 e. The molecule has 1 atom stereocenters. The molecule has 8 heteroatoms. The van der Waals surface area contributed by atoms with E-state index in [0.29, 0.717) is 5.92 Å². The quantitative estimate of drug-likeness (QED) is 0.461. The van der Waals surface area contributed by atoms with Gasteiger partial charge in [-0.15, -0.1) is 6.58 Å². The van der Waals surface area contributed by atoms with Gasteiger partial charge in [0.15, 0.2) is 14.3 Å². The van der Waals surface area contributed by atoms with Crippen molar-refractivity contribution in [3.63, 3.8) is 0 Å². The van der Waals surface area contributed by atoms with Gasteiger partial charge in [-0.05, 0) is 67.7 Å². The van der Waals surface area contributed by atoms with E-state index in [1.54, 1.807) is 0 Å². The first-order valence-electron chi connectivity index (χ1n) is 10.6. The summed E-state index contributed by atoms with van der Waals surface area (Å²) in [7, 11) is 3.61. The van der Waals surface area contributed by atoms with Crippen molar-refractivity contribution in [1.29, 1.82) is 0 Å². The lowest BCUT2D eigenvalue weighted by molar-refractivity contribution is 0.00578. The van der Waals surface area contributed by atoms with Gasteiger partial charge in [-0.1, -0.05) is 31.6 Å². The van der Waals surface area contributed by atoms with E-state index in [0.717, 1.165) is 12.8 Å². The van der Waals surface area contributed by atoms with Gasteiger partial charge >= 0.3 is 14.0 Å². The van der Waals surface area contributed by atoms with Crippen molar-refractivity contribution in [2.75, 3.05) is 0 Å². The summed E-state index contributed by atoms with van der Waals surface area (Å²) < 4.78 is 25.1. The predicted molar refractivity (Wildman–Crippen MR) is 121 cm³/mol. The van der Waals surface area contributed by atoms with Gasteiger partial charge in [-0.2, -0.15) is 0 Å². The van der Waals surface area contributed by atoms with E-state index >= 15 is 0 Å². The third-order valence-electron chi connectivity index (χ3n) is 7.36. The fraction of sp³-hybridized carbons (Fsp3) is 0.900. The molecule has 154 valence electrons. The maximum atomic E-state index is 6.27. The van der Waals surface area contributed by atoms with Crippen LogP contribution in [0.4, 0.5) is 0 Å². The van der Waals surface area contributed by atoms with Gasteiger partial charge in [0, 0.05) is 0 Å². The summed E-state index contributed by atoms with van der Waals surface area (Å²) in [5.74, 6) is 0.350. The first-order chi connectivity index (χ1) is 12.6. The molecule has 2 aliphatic rings. The fourth-order valence-electron chi connectivity index (χ4n) is 3.89. The second-order valence-electron chi connectivity index (χ2n) is 10.6. The zero-order valence-electron chi connectivity index (χ0n) is 19.7. The van der Waals surface area contributed by atoms with Crippen LogP contribution in [0.15, 0.2) is 12.7 Å². The molecule has 0 amide bonds. The van der Waals surface area contributed by atoms with Crippen LogP contribution >= 0.6 is 0 Å². The Morgan fingerprint density at radius 2 is 1.14 bits per heavy atom. The standard InChI is InChI=1S/C20H38B4O4/c1-12-14-15(13-2)20(11,21-23-25-16(3,4)17(5,6)26-23)22-24-27-18(7,8)19(9,10)28-24/h12,15H,1,13-14H2,2-11H3. The largest absolute Gasteiger partial charge is 0.410 e. The fourth-order valence-corrected chi connectivity index (χ4v) is 3.89. The lowest BCUT2D eigenvalue weighted by Gasteiger charge is -2.38. The van der Waals surface area contributed by atoms with E-state index in [1.165, 1.54) is 0 Å². The lowest BCUT2D eigenvalue weighted by Crippen LogP contribution is -2.48. The van der Waals surface area contributed by atoms with Gasteiger partial charge in [0.25, 0.3) is 0 Å². The van der Waals surface area contributed by atoms with Crippen LogP contribution in [-0.4, -0.2) is 50.8 Å². The Bertz CT molecular complexity index is 507. The number of hydrogen-bond acceptors (Lipinski definition) is 4. The Balaban J connectivity index is 2.23. The van der Waals surface area contributed by atoms with Gasteiger partial charge in [0.2, 0.25) is 0 Å². The molecule has 2 fully saturated rings. The van der Waals surface area contributed by atoms with Crippen LogP contribution in [0.25, 0.3) is 0 Å². The third-order valence-corrected chi connectivity index (χ3v) is 7.36. The zero-order valence-corrected chi connectivity index (χ0v) is 19.7. The van der Waals surface area contributed by atoms with Crippen LogP contribution in [0.5, 0.6) is 0 Å². The van der Waals surface area contributed by atoms with Crippen molar-refractivity contribution in [2.45, 2.75) is 110 Å². The average molecular weight is 386 g/mol. The van der Waals surface area contributed by atoms with Crippen LogP contribution in [0.2, 0.25) is 5.21 Å². The van der Waals surface area contributed by atoms with Crippen molar-refractivity contribution in [1.82, 2.24) is 0 Å². The van der Waals surface area contributed by atoms with E-state index in [4.69, 9.17) is 18.6 Å². The monoisotopic (exact) mass is 386 g/mol. The van der Waals surface area contributed by atoms with Gasteiger partial charge in [0.1, 0.15) is 0 Å². The summed E-state index contributed by atoms with van der Waals surface area (Å²) >= 11 is 0. The topological polar surface area (TPSA) is 36.9 Å². The highest BCUT2D eigenvalue weighted by atomic mass is 16.7. The number of rotatable bonds is 8. The Morgan fingerprint density at radius 1 is 0.821 bits per heavy atom. The molecule has 2 radical (unpaired) electrons. The molecule has 0 spiro atoms. The molecule has 0 aromatic heterocycles. The molecule has 1 unspecified atom stereocenters. The first kappa shape index (κ1) is 24.1. The molecule has 0 aromatic carbocycles. The van der Waals surface area contributed by atoms with Crippen LogP contribution in [-0.2, 0) is 18.6 Å². The summed E-state index contributed by atoms with van der Waals surface area (Å²) in [5.41, 5.74) is -1.45. The van der Waals surface area contributed by atoms with Crippen molar-refractivity contribution in [3.05, 3.63) is 12.7 Å². The molecule has 0 N–H and O–H groups in total. The summed E-state index contributed by atoms with van der Waals surface area (Å²) in [6.07, 6.45) is 3.90. The Labute approximate surface area is 175 Å². The van der Waals surface area contributed by atoms with Crippen LogP contribution in [0.1, 0.15) is 82.1 Å². The Morgan fingerprint density at radius 3 is 1.39 bits per heavy atom. The molecule has 28 heavy (non-hydrogen) atoms. The van der Waals surface area contributed by atoms with Crippen molar-refractivity contribution in [3.8, 4) is 0 Å². The van der Waals surface area contributed by atoms with E-state index in [9.17, 15) is 0 Å². The van der Waals surface area contributed by atoms with Crippen molar-refractivity contribution < 1.29 is 18.6 Å². The molecule has 4 nitrogen and oxygen atoms in total. The molecular formula is C20H38B4O4. The van der Waals surface area contributed by atoms with E-state index in [2.05, 4.69) is 90.2 Å². The summed E-state index contributed by atoms with van der Waals surface area (Å²) in [6.45, 7) is 25.0. The van der Waals surface area contributed by atoms with Crippen molar-refractivity contribution in [2.24, 2.45) is 5.92 Å². The van der Waals surface area contributed by atoms with Gasteiger partial charge in [0.05, 0.1) is 22.4 Å². The van der Waals surface area contributed by atoms with Crippen LogP contribution in [0, 0.1) is 5.92 Å². The minimum absolute atomic E-state index is 0.300. The minimum Gasteiger partial charge on any atom is -0.410 e. The molecule has 0 saturated carbocycles. The summed E-state index contributed by atoms with van der Waals surface area (Å²) in [5, 5.41) is -0.300. The zero-order chi connectivity index (χ0) is 21.6. The minimum atomic E-state index is -0.382. The molecule has 2 saturated heterocycles. The van der Waals surface area contributed by atoms with Gasteiger partial charge < -0.3 is 18.6 Å². The third kappa shape index (κ3) is 4.61. The second-order valence-corrected chi connectivity index (χ2v) is 10.6. The molecule has 0 bridgehead atoms. The summed E-state index contributed by atoms with van der Waals surface area (Å²) in [6, 6.07) is 0. The Hall–Kier alpha value is -0.160. The predicted octanol–water partition coefficient (Wildman–Crippen LogP) is 4.31. The molecule has 0 aliphatic carbocycles. The normalized spacial score (nSPS) is 26.2. The highest BCUT2D eigenvalue weighted by Gasteiger charge is 2.57. The SMILES string of the molecule is C=CCC(CC)C(C)([B]B1OC(C)(C)C(C)(C)O1)[B]B1OC(C)(C)C(C)(C)O1. The maximum absolute atomic E-state index is 6.27. The lowest BCUT2D eigenvalue weighted by atomic mass is 9.12. The molecule has 2 heterocycles. The van der Waals surface area contributed by atoms with Gasteiger partial charge in [-0.3, -0.25) is 0 Å². The average Bonchev–Trinajstić information content (AvgIpc) is 2.81. The van der Waals surface area contributed by atoms with Gasteiger partial charge in [-0.25, -0.2) is 0 Å². The smallest absolute Gasteiger partial charge is 0.398 e. The summed E-state index contributed by atoms with van der Waals surface area (Å²) in [4.78, 5) is 0. The molecule has 0 aromatic rings. The van der Waals surface area contributed by atoms with E-state index in [1.807, 2.05) is 6.08 Å². The van der Waals surface area contributed by atoms with E-state index < -0.39 is 0 Å². The highest BCUT2D eigenvalue weighted by Crippen LogP contribution is 2.45. The molecular weight excluding hydrogens is 347 g/mol. The first-order valence-corrected chi connectivity index (χ1v) is 10.6. The van der Waals surface area contributed by atoms with Crippen LogP contribution < -0.4 is 0 Å².